The van der Waals surface area contributed by atoms with Crippen molar-refractivity contribution < 1.29 is 14.6 Å². The molecule has 1 heterocycles. The van der Waals surface area contributed by atoms with Crippen molar-refractivity contribution in [2.45, 2.75) is 32.2 Å². The summed E-state index contributed by atoms with van der Waals surface area (Å²) in [6.07, 6.45) is 1.77. The van der Waals surface area contributed by atoms with E-state index in [0.29, 0.717) is 29.9 Å². The van der Waals surface area contributed by atoms with Crippen molar-refractivity contribution in [2.75, 3.05) is 7.11 Å². The third-order valence-corrected chi connectivity index (χ3v) is 4.34. The molecule has 2 aromatic carbocycles. The number of aromatic hydroxyl groups is 1. The fraction of sp³-hybridized carbons (Fsp3) is 0.300. The standard InChI is InChI=1S/C20H22N2O3/c1-3-8-19(23)22-17(14-9-5-4-6-10-14)13-16(21-22)15-11-7-12-18(25-2)20(15)24/h4-7,9-12,17,24H,3,8,13H2,1-2H3/t17-/m0/s1. The monoisotopic (exact) mass is 338 g/mol. The van der Waals surface area contributed by atoms with E-state index in [0.717, 1.165) is 12.0 Å². The van der Waals surface area contributed by atoms with Crippen LogP contribution in [0.15, 0.2) is 53.6 Å². The van der Waals surface area contributed by atoms with Crippen LogP contribution in [0.2, 0.25) is 0 Å². The van der Waals surface area contributed by atoms with E-state index in [1.807, 2.05) is 43.3 Å². The summed E-state index contributed by atoms with van der Waals surface area (Å²) in [5.41, 5.74) is 2.33. The molecule has 0 unspecified atom stereocenters. The van der Waals surface area contributed by atoms with Gasteiger partial charge in [0.2, 0.25) is 5.91 Å². The van der Waals surface area contributed by atoms with Gasteiger partial charge in [0.25, 0.3) is 0 Å². The number of ether oxygens (including phenoxy) is 1. The van der Waals surface area contributed by atoms with E-state index in [4.69, 9.17) is 4.74 Å². The van der Waals surface area contributed by atoms with Gasteiger partial charge < -0.3 is 9.84 Å². The van der Waals surface area contributed by atoms with Crippen molar-refractivity contribution in [3.63, 3.8) is 0 Å². The third-order valence-electron chi connectivity index (χ3n) is 4.34. The Morgan fingerprint density at radius 1 is 1.24 bits per heavy atom. The predicted molar refractivity (Wildman–Crippen MR) is 96.7 cm³/mol. The van der Waals surface area contributed by atoms with E-state index in [9.17, 15) is 9.90 Å². The van der Waals surface area contributed by atoms with Crippen molar-refractivity contribution >= 4 is 11.6 Å². The summed E-state index contributed by atoms with van der Waals surface area (Å²) in [6, 6.07) is 15.0. The van der Waals surface area contributed by atoms with Crippen LogP contribution in [-0.2, 0) is 4.79 Å². The summed E-state index contributed by atoms with van der Waals surface area (Å²) >= 11 is 0. The van der Waals surface area contributed by atoms with Gasteiger partial charge in [-0.25, -0.2) is 5.01 Å². The lowest BCUT2D eigenvalue weighted by Crippen LogP contribution is -2.26. The number of rotatable bonds is 5. The lowest BCUT2D eigenvalue weighted by Gasteiger charge is -2.21. The molecule has 0 saturated carbocycles. The normalized spacial score (nSPS) is 16.6. The maximum Gasteiger partial charge on any atom is 0.243 e. The Balaban J connectivity index is 1.99. The number of carbonyl (C=O) groups excluding carboxylic acids is 1. The number of hydrogen-bond acceptors (Lipinski definition) is 4. The quantitative estimate of drug-likeness (QED) is 0.900. The highest BCUT2D eigenvalue weighted by atomic mass is 16.5. The number of hydrazone groups is 1. The zero-order valence-corrected chi connectivity index (χ0v) is 14.5. The first-order chi connectivity index (χ1) is 12.2. The minimum atomic E-state index is -0.152. The number of benzene rings is 2. The fourth-order valence-electron chi connectivity index (χ4n) is 3.09. The molecule has 1 amide bonds. The SMILES string of the molecule is CCCC(=O)N1N=C(c2cccc(OC)c2O)C[C@H]1c1ccccc1. The zero-order valence-electron chi connectivity index (χ0n) is 14.5. The predicted octanol–water partition coefficient (Wildman–Crippen LogP) is 3.88. The van der Waals surface area contributed by atoms with E-state index in [2.05, 4.69) is 5.10 Å². The summed E-state index contributed by atoms with van der Waals surface area (Å²) < 4.78 is 5.18. The van der Waals surface area contributed by atoms with Gasteiger partial charge >= 0.3 is 0 Å². The van der Waals surface area contributed by atoms with Crippen LogP contribution in [0.1, 0.15) is 43.4 Å². The van der Waals surface area contributed by atoms with Gasteiger partial charge in [0.1, 0.15) is 0 Å². The minimum Gasteiger partial charge on any atom is -0.504 e. The second-order valence-corrected chi connectivity index (χ2v) is 6.02. The summed E-state index contributed by atoms with van der Waals surface area (Å²) in [4.78, 5) is 12.5. The first kappa shape index (κ1) is 17.0. The van der Waals surface area contributed by atoms with Crippen LogP contribution in [0.3, 0.4) is 0 Å². The summed E-state index contributed by atoms with van der Waals surface area (Å²) in [7, 11) is 1.51. The first-order valence-electron chi connectivity index (χ1n) is 8.46. The molecule has 1 aliphatic rings. The lowest BCUT2D eigenvalue weighted by atomic mass is 9.97. The van der Waals surface area contributed by atoms with Crippen LogP contribution in [0.25, 0.3) is 0 Å². The second kappa shape index (κ2) is 7.38. The van der Waals surface area contributed by atoms with E-state index >= 15 is 0 Å². The Kier molecular flexibility index (Phi) is 5.03. The van der Waals surface area contributed by atoms with Gasteiger partial charge in [-0.3, -0.25) is 4.79 Å². The molecule has 5 nitrogen and oxygen atoms in total. The Labute approximate surface area is 147 Å². The van der Waals surface area contributed by atoms with Crippen molar-refractivity contribution in [3.8, 4) is 11.5 Å². The van der Waals surface area contributed by atoms with Crippen molar-refractivity contribution in [2.24, 2.45) is 5.10 Å². The summed E-state index contributed by atoms with van der Waals surface area (Å²) in [6.45, 7) is 1.98. The molecule has 0 bridgehead atoms. The highest BCUT2D eigenvalue weighted by Gasteiger charge is 2.33. The molecule has 5 heteroatoms. The van der Waals surface area contributed by atoms with Crippen LogP contribution < -0.4 is 4.74 Å². The zero-order chi connectivity index (χ0) is 17.8. The molecule has 130 valence electrons. The molecule has 1 aliphatic heterocycles. The molecular weight excluding hydrogens is 316 g/mol. The number of carbonyl (C=O) groups is 1. The Bertz CT molecular complexity index is 787. The molecule has 0 spiro atoms. The molecule has 0 aliphatic carbocycles. The first-order valence-corrected chi connectivity index (χ1v) is 8.46. The van der Waals surface area contributed by atoms with Crippen LogP contribution in [0, 0.1) is 0 Å². The van der Waals surface area contributed by atoms with Gasteiger partial charge in [-0.05, 0) is 24.1 Å². The number of para-hydroxylation sites is 1. The smallest absolute Gasteiger partial charge is 0.243 e. The topological polar surface area (TPSA) is 62.1 Å². The van der Waals surface area contributed by atoms with E-state index in [-0.39, 0.29) is 17.7 Å². The van der Waals surface area contributed by atoms with Gasteiger partial charge in [0, 0.05) is 18.4 Å². The maximum absolute atomic E-state index is 12.5. The molecule has 0 saturated heterocycles. The number of methoxy groups -OCH3 is 1. The largest absolute Gasteiger partial charge is 0.504 e. The molecular formula is C20H22N2O3. The van der Waals surface area contributed by atoms with Gasteiger partial charge in [-0.15, -0.1) is 0 Å². The number of nitrogens with zero attached hydrogens (tertiary/aromatic N) is 2. The highest BCUT2D eigenvalue weighted by Crippen LogP contribution is 2.37. The van der Waals surface area contributed by atoms with Crippen molar-refractivity contribution in [1.82, 2.24) is 5.01 Å². The Hall–Kier alpha value is -2.82. The number of phenolic OH excluding ortho intramolecular Hbond substituents is 1. The number of hydrogen-bond donors (Lipinski definition) is 1. The van der Waals surface area contributed by atoms with Gasteiger partial charge in [0.15, 0.2) is 11.5 Å². The van der Waals surface area contributed by atoms with Crippen LogP contribution in [0.4, 0.5) is 0 Å². The molecule has 25 heavy (non-hydrogen) atoms. The van der Waals surface area contributed by atoms with Crippen molar-refractivity contribution in [1.29, 1.82) is 0 Å². The summed E-state index contributed by atoms with van der Waals surface area (Å²) in [5.74, 6) is 0.448. The van der Waals surface area contributed by atoms with Gasteiger partial charge in [-0.1, -0.05) is 43.3 Å². The Morgan fingerprint density at radius 3 is 2.68 bits per heavy atom. The molecule has 3 rings (SSSR count). The van der Waals surface area contributed by atoms with Crippen LogP contribution in [0.5, 0.6) is 11.5 Å². The molecule has 1 atom stereocenters. The average Bonchev–Trinajstić information content (AvgIpc) is 3.08. The molecule has 1 N–H and O–H groups in total. The Morgan fingerprint density at radius 2 is 2.00 bits per heavy atom. The lowest BCUT2D eigenvalue weighted by molar-refractivity contribution is -0.133. The molecule has 2 aromatic rings. The van der Waals surface area contributed by atoms with Gasteiger partial charge in [0.05, 0.1) is 18.9 Å². The van der Waals surface area contributed by atoms with Crippen LogP contribution in [-0.4, -0.2) is 28.8 Å². The number of amides is 1. The van der Waals surface area contributed by atoms with Gasteiger partial charge in [-0.2, -0.15) is 5.10 Å². The van der Waals surface area contributed by atoms with E-state index in [1.165, 1.54) is 7.11 Å². The number of phenols is 1. The minimum absolute atomic E-state index is 0.00580. The molecule has 0 fully saturated rings. The van der Waals surface area contributed by atoms with E-state index < -0.39 is 0 Å². The fourth-order valence-corrected chi connectivity index (χ4v) is 3.09. The second-order valence-electron chi connectivity index (χ2n) is 6.02. The third kappa shape index (κ3) is 3.36. The average molecular weight is 338 g/mol. The highest BCUT2D eigenvalue weighted by molar-refractivity contribution is 6.05. The van der Waals surface area contributed by atoms with Crippen molar-refractivity contribution in [3.05, 3.63) is 59.7 Å². The van der Waals surface area contributed by atoms with Crippen LogP contribution >= 0.6 is 0 Å². The molecule has 0 aromatic heterocycles. The summed E-state index contributed by atoms with van der Waals surface area (Å²) in [5, 5.41) is 16.5. The maximum atomic E-state index is 12.5. The van der Waals surface area contributed by atoms with E-state index in [1.54, 1.807) is 17.1 Å². The molecule has 0 radical (unpaired) electrons.